The number of methoxy groups -OCH3 is 1. The van der Waals surface area contributed by atoms with Gasteiger partial charge in [-0.1, -0.05) is 6.07 Å². The summed E-state index contributed by atoms with van der Waals surface area (Å²) in [6, 6.07) is 3.17. The maximum Gasteiger partial charge on any atom is 0.522 e. The van der Waals surface area contributed by atoms with Crippen LogP contribution in [0.4, 0.5) is 0 Å². The molecular formula is C9H12BO6P. The molecule has 0 aromatic heterocycles. The van der Waals surface area contributed by atoms with Crippen molar-refractivity contribution in [2.45, 2.75) is 12.7 Å². The molecule has 1 aliphatic heterocycles. The summed E-state index contributed by atoms with van der Waals surface area (Å²) in [5.41, 5.74) is 0.662. The average molecular weight is 258 g/mol. The van der Waals surface area contributed by atoms with E-state index >= 15 is 0 Å². The first kappa shape index (κ1) is 12.5. The van der Waals surface area contributed by atoms with Crippen molar-refractivity contribution in [3.63, 3.8) is 0 Å². The Morgan fingerprint density at radius 3 is 2.76 bits per heavy atom. The Balaban J connectivity index is 2.64. The number of benzene rings is 1. The van der Waals surface area contributed by atoms with Crippen LogP contribution in [0.1, 0.15) is 5.56 Å². The summed E-state index contributed by atoms with van der Waals surface area (Å²) < 4.78 is 21.5. The highest BCUT2D eigenvalue weighted by Gasteiger charge is 2.34. The van der Waals surface area contributed by atoms with Crippen molar-refractivity contribution in [3.05, 3.63) is 17.7 Å². The monoisotopic (exact) mass is 258 g/mol. The molecule has 0 amide bonds. The van der Waals surface area contributed by atoms with Crippen LogP contribution in [0.15, 0.2) is 12.1 Å². The number of rotatable bonds is 2. The maximum atomic E-state index is 11.4. The molecular weight excluding hydrogens is 246 g/mol. The molecule has 0 radical (unpaired) electrons. The molecule has 1 heterocycles. The van der Waals surface area contributed by atoms with Gasteiger partial charge in [0.2, 0.25) is 0 Å². The second kappa shape index (κ2) is 4.35. The number of hydrogen-bond acceptors (Lipinski definition) is 4. The molecule has 0 atom stereocenters. The van der Waals surface area contributed by atoms with Crippen molar-refractivity contribution in [3.8, 4) is 11.5 Å². The van der Waals surface area contributed by atoms with Crippen LogP contribution < -0.4 is 14.7 Å². The molecule has 92 valence electrons. The smallest absolute Gasteiger partial charge is 0.522 e. The van der Waals surface area contributed by atoms with Crippen LogP contribution in [0.25, 0.3) is 0 Å². The molecule has 0 fully saturated rings. The van der Waals surface area contributed by atoms with E-state index in [-0.39, 0.29) is 16.8 Å². The van der Waals surface area contributed by atoms with Crippen LogP contribution >= 0.6 is 7.60 Å². The predicted octanol–water partition coefficient (Wildman–Crippen LogP) is -0.0864. The van der Waals surface area contributed by atoms with Gasteiger partial charge in [0.05, 0.1) is 7.11 Å². The molecule has 0 saturated carbocycles. The van der Waals surface area contributed by atoms with Crippen LogP contribution in [-0.4, -0.2) is 29.0 Å². The third-order valence-electron chi connectivity index (χ3n) is 2.60. The van der Waals surface area contributed by atoms with Crippen LogP contribution in [0.3, 0.4) is 0 Å². The van der Waals surface area contributed by atoms with E-state index in [1.807, 2.05) is 0 Å². The van der Waals surface area contributed by atoms with Crippen LogP contribution in [0.2, 0.25) is 6.32 Å². The second-order valence-corrected chi connectivity index (χ2v) is 5.30. The molecule has 1 aromatic carbocycles. The lowest BCUT2D eigenvalue weighted by Gasteiger charge is -2.24. The zero-order valence-corrected chi connectivity index (χ0v) is 10.1. The Morgan fingerprint density at radius 1 is 1.47 bits per heavy atom. The second-order valence-electron chi connectivity index (χ2n) is 3.76. The van der Waals surface area contributed by atoms with Gasteiger partial charge in [0.25, 0.3) is 0 Å². The molecule has 6 nitrogen and oxygen atoms in total. The lowest BCUT2D eigenvalue weighted by molar-refractivity contribution is 0.372. The van der Waals surface area contributed by atoms with E-state index in [1.165, 1.54) is 13.2 Å². The molecule has 1 aromatic rings. The topological polar surface area (TPSA) is 96.2 Å². The fraction of sp³-hybridized carbons (Fsp3) is 0.333. The molecule has 2 rings (SSSR count). The summed E-state index contributed by atoms with van der Waals surface area (Å²) in [6.07, 6.45) is 0.910. The van der Waals surface area contributed by atoms with Gasteiger partial charge >= 0.3 is 14.7 Å². The highest BCUT2D eigenvalue weighted by Crippen LogP contribution is 2.44. The van der Waals surface area contributed by atoms with E-state index in [0.29, 0.717) is 18.3 Å². The van der Waals surface area contributed by atoms with E-state index in [4.69, 9.17) is 9.39 Å². The van der Waals surface area contributed by atoms with Crippen molar-refractivity contribution in [2.75, 3.05) is 7.11 Å². The van der Waals surface area contributed by atoms with Crippen molar-refractivity contribution < 1.29 is 28.8 Å². The van der Waals surface area contributed by atoms with Gasteiger partial charge in [-0.25, -0.2) is 0 Å². The lowest BCUT2D eigenvalue weighted by atomic mass is 9.79. The number of aryl methyl sites for hydroxylation is 1. The van der Waals surface area contributed by atoms with E-state index in [2.05, 4.69) is 0 Å². The molecule has 1 aliphatic rings. The molecule has 0 unspecified atom stereocenters. The van der Waals surface area contributed by atoms with Crippen molar-refractivity contribution in [2.24, 2.45) is 0 Å². The van der Waals surface area contributed by atoms with Gasteiger partial charge in [-0.2, -0.15) is 0 Å². The van der Waals surface area contributed by atoms with Crippen molar-refractivity contribution >= 4 is 20.0 Å². The number of ether oxygens (including phenoxy) is 1. The molecule has 8 heteroatoms. The quantitative estimate of drug-likeness (QED) is 0.507. The first-order valence-electron chi connectivity index (χ1n) is 5.04. The standard InChI is InChI=1S/C9H12BO6P/c1-15-7-3-2-6-4-5-10(11)16-8(6)9(7)17(12,13)14/h2-3,11H,4-5H2,1H3,(H2,12,13,14). The van der Waals surface area contributed by atoms with Gasteiger partial charge in [-0.15, -0.1) is 0 Å². The lowest BCUT2D eigenvalue weighted by Crippen LogP contribution is -2.30. The zero-order valence-electron chi connectivity index (χ0n) is 9.16. The summed E-state index contributed by atoms with van der Waals surface area (Å²) >= 11 is 0. The van der Waals surface area contributed by atoms with Gasteiger partial charge in [0.15, 0.2) is 0 Å². The summed E-state index contributed by atoms with van der Waals surface area (Å²) in [5, 5.41) is 9.10. The Kier molecular flexibility index (Phi) is 3.18. The Morgan fingerprint density at radius 2 is 2.18 bits per heavy atom. The fourth-order valence-corrected chi connectivity index (χ4v) is 2.75. The summed E-state index contributed by atoms with van der Waals surface area (Å²) in [4.78, 5) is 18.6. The number of hydrogen-bond donors (Lipinski definition) is 3. The Bertz CT molecular complexity index is 485. The minimum absolute atomic E-state index is 0.0384. The number of fused-ring (bicyclic) bond motifs is 1. The third kappa shape index (κ3) is 2.33. The van der Waals surface area contributed by atoms with Crippen LogP contribution in [0, 0.1) is 0 Å². The molecule has 17 heavy (non-hydrogen) atoms. The van der Waals surface area contributed by atoms with Gasteiger partial charge < -0.3 is 24.2 Å². The first-order valence-corrected chi connectivity index (χ1v) is 6.65. The molecule has 0 spiro atoms. The van der Waals surface area contributed by atoms with Crippen LogP contribution in [0.5, 0.6) is 11.5 Å². The molecule has 3 N–H and O–H groups in total. The zero-order chi connectivity index (χ0) is 12.6. The minimum Gasteiger partial charge on any atom is -0.535 e. The van der Waals surface area contributed by atoms with E-state index in [9.17, 15) is 19.4 Å². The van der Waals surface area contributed by atoms with Gasteiger partial charge in [-0.05, 0) is 24.4 Å². The average Bonchev–Trinajstić information content (AvgIpc) is 2.25. The fourth-order valence-electron chi connectivity index (χ4n) is 1.84. The predicted molar refractivity (Wildman–Crippen MR) is 61.8 cm³/mol. The van der Waals surface area contributed by atoms with Crippen molar-refractivity contribution in [1.82, 2.24) is 0 Å². The molecule has 0 saturated heterocycles. The van der Waals surface area contributed by atoms with Crippen LogP contribution in [-0.2, 0) is 11.0 Å². The molecule has 0 aliphatic carbocycles. The Labute approximate surface area is 98.5 Å². The SMILES string of the molecule is COc1ccc2c(c1P(=O)(O)O)OB(O)CC2. The molecule has 0 bridgehead atoms. The van der Waals surface area contributed by atoms with Gasteiger partial charge in [-0.3, -0.25) is 4.57 Å². The summed E-state index contributed by atoms with van der Waals surface area (Å²) in [6.45, 7) is 0. The van der Waals surface area contributed by atoms with E-state index in [1.54, 1.807) is 6.07 Å². The van der Waals surface area contributed by atoms with Gasteiger partial charge in [0, 0.05) is 0 Å². The first-order chi connectivity index (χ1) is 7.93. The largest absolute Gasteiger partial charge is 0.535 e. The third-order valence-corrected chi connectivity index (χ3v) is 3.61. The van der Waals surface area contributed by atoms with E-state index < -0.39 is 14.7 Å². The highest BCUT2D eigenvalue weighted by molar-refractivity contribution is 7.60. The van der Waals surface area contributed by atoms with Gasteiger partial charge in [0.1, 0.15) is 16.8 Å². The van der Waals surface area contributed by atoms with E-state index in [0.717, 1.165) is 0 Å². The normalized spacial score (nSPS) is 15.2. The maximum absolute atomic E-state index is 11.4. The summed E-state index contributed by atoms with van der Waals surface area (Å²) in [5.74, 6) is 0.0996. The highest BCUT2D eigenvalue weighted by atomic mass is 31.2. The Hall–Kier alpha value is -1.01. The minimum atomic E-state index is -4.52. The van der Waals surface area contributed by atoms with Crippen molar-refractivity contribution in [1.29, 1.82) is 0 Å². The summed E-state index contributed by atoms with van der Waals surface area (Å²) in [7, 11) is -4.24.